The fourth-order valence-corrected chi connectivity index (χ4v) is 6.01. The molecule has 6 unspecified atom stereocenters. The van der Waals surface area contributed by atoms with Gasteiger partial charge in [0.1, 0.15) is 24.9 Å². The summed E-state index contributed by atoms with van der Waals surface area (Å²) in [4.78, 5) is 36.6. The van der Waals surface area contributed by atoms with Crippen LogP contribution in [0.15, 0.2) is 24.3 Å². The van der Waals surface area contributed by atoms with Crippen LogP contribution in [0.2, 0.25) is 0 Å². The van der Waals surface area contributed by atoms with Crippen LogP contribution in [0.4, 0.5) is 0 Å². The highest BCUT2D eigenvalue weighted by atomic mass is 16.7. The maximum absolute atomic E-state index is 12.7. The number of unbranched alkanes of at least 4 members (excludes halogenated alkanes) is 18. The molecule has 0 bridgehead atoms. The second kappa shape index (κ2) is 32.1. The van der Waals surface area contributed by atoms with Crippen LogP contribution < -0.4 is 0 Å². The molecule has 0 spiro atoms. The molecule has 1 rings (SSSR count). The number of aliphatic hydroxyl groups is 3. The van der Waals surface area contributed by atoms with Crippen molar-refractivity contribution >= 4 is 17.9 Å². The van der Waals surface area contributed by atoms with E-state index in [4.69, 9.17) is 18.9 Å². The van der Waals surface area contributed by atoms with Crippen LogP contribution >= 0.6 is 0 Å². The highest BCUT2D eigenvalue weighted by molar-refractivity contribution is 5.73. The van der Waals surface area contributed by atoms with E-state index in [9.17, 15) is 34.8 Å². The summed E-state index contributed by atoms with van der Waals surface area (Å²) in [7, 11) is 0. The molecule has 1 aliphatic rings. The summed E-state index contributed by atoms with van der Waals surface area (Å²) in [5.41, 5.74) is 0. The summed E-state index contributed by atoms with van der Waals surface area (Å²) in [6.45, 7) is 3.74. The van der Waals surface area contributed by atoms with E-state index in [1.165, 1.54) is 64.2 Å². The zero-order valence-corrected chi connectivity index (χ0v) is 32.3. The highest BCUT2D eigenvalue weighted by Gasteiger charge is 2.47. The molecule has 0 aliphatic carbocycles. The molecule has 6 atom stereocenters. The van der Waals surface area contributed by atoms with Crippen LogP contribution in [0, 0.1) is 0 Å². The lowest BCUT2D eigenvalue weighted by Gasteiger charge is -2.38. The molecule has 1 fully saturated rings. The second-order valence-corrected chi connectivity index (χ2v) is 14.1. The smallest absolute Gasteiger partial charge is 0.335 e. The quantitative estimate of drug-likeness (QED) is 0.0294. The van der Waals surface area contributed by atoms with E-state index in [-0.39, 0.29) is 19.4 Å². The first-order valence-electron chi connectivity index (χ1n) is 20.4. The van der Waals surface area contributed by atoms with Gasteiger partial charge >= 0.3 is 17.9 Å². The normalized spacial score (nSPS) is 21.1. The van der Waals surface area contributed by atoms with Crippen LogP contribution in [-0.4, -0.2) is 88.4 Å². The van der Waals surface area contributed by atoms with Gasteiger partial charge in [0.15, 0.2) is 18.5 Å². The minimum absolute atomic E-state index is 0.183. The molecule has 0 saturated carbocycles. The van der Waals surface area contributed by atoms with Crippen molar-refractivity contribution in [2.24, 2.45) is 0 Å². The Hall–Kier alpha value is -2.31. The fraction of sp³-hybridized carbons (Fsp3) is 0.829. The molecule has 0 aromatic heterocycles. The maximum Gasteiger partial charge on any atom is 0.335 e. The van der Waals surface area contributed by atoms with E-state index < -0.39 is 61.3 Å². The van der Waals surface area contributed by atoms with Crippen molar-refractivity contribution in [1.29, 1.82) is 0 Å². The molecule has 4 N–H and O–H groups in total. The average molecular weight is 741 g/mol. The standard InChI is InChI=1S/C41H72O11/c1-3-5-7-9-11-13-15-17-18-20-21-23-25-27-29-34(42)49-31-33(32-50-41-38(46)36(44)37(45)39(52-41)40(47)48)51-35(43)30-28-26-24-22-19-16-14-12-10-8-6-4-2/h9,11,15,17,33,36-39,41,44-46H,3-8,10,12-14,16,18-32H2,1-2H3,(H,47,48)/b11-9-,17-15-. The van der Waals surface area contributed by atoms with E-state index in [1.807, 2.05) is 0 Å². The van der Waals surface area contributed by atoms with Crippen molar-refractivity contribution in [3.63, 3.8) is 0 Å². The second-order valence-electron chi connectivity index (χ2n) is 14.1. The van der Waals surface area contributed by atoms with Gasteiger partial charge in [-0.05, 0) is 38.5 Å². The molecule has 1 heterocycles. The lowest BCUT2D eigenvalue weighted by Crippen LogP contribution is -2.60. The van der Waals surface area contributed by atoms with Gasteiger partial charge in [0.05, 0.1) is 6.61 Å². The number of carbonyl (C=O) groups is 3. The summed E-state index contributed by atoms with van der Waals surface area (Å²) in [6, 6.07) is 0. The van der Waals surface area contributed by atoms with Gasteiger partial charge in [-0.2, -0.15) is 0 Å². The number of esters is 2. The first-order chi connectivity index (χ1) is 25.2. The number of rotatable bonds is 33. The Bertz CT molecular complexity index is 968. The maximum atomic E-state index is 12.7. The van der Waals surface area contributed by atoms with Gasteiger partial charge in [-0.15, -0.1) is 0 Å². The Labute approximate surface area is 313 Å². The number of carboxylic acid groups (broad SMARTS) is 1. The first-order valence-corrected chi connectivity index (χ1v) is 20.4. The zero-order chi connectivity index (χ0) is 38.2. The van der Waals surface area contributed by atoms with Gasteiger partial charge in [0.25, 0.3) is 0 Å². The van der Waals surface area contributed by atoms with Crippen molar-refractivity contribution in [3.8, 4) is 0 Å². The number of aliphatic hydroxyl groups excluding tert-OH is 3. The topological polar surface area (TPSA) is 169 Å². The van der Waals surface area contributed by atoms with Crippen LogP contribution in [0.1, 0.15) is 168 Å². The molecule has 0 radical (unpaired) electrons. The molecule has 0 amide bonds. The minimum Gasteiger partial charge on any atom is -0.479 e. The predicted molar refractivity (Wildman–Crippen MR) is 202 cm³/mol. The zero-order valence-electron chi connectivity index (χ0n) is 32.3. The number of carbonyl (C=O) groups excluding carboxylic acids is 2. The van der Waals surface area contributed by atoms with E-state index in [2.05, 4.69) is 38.2 Å². The predicted octanol–water partition coefficient (Wildman–Crippen LogP) is 7.86. The number of allylic oxidation sites excluding steroid dienone is 4. The number of hydrogen-bond donors (Lipinski definition) is 4. The number of hydrogen-bond acceptors (Lipinski definition) is 10. The minimum atomic E-state index is -1.86. The SMILES string of the molecule is CCCC/C=C\C/C=C\CCCCCCCC(=O)OCC(COC1OC(C(=O)O)C(O)C(O)C1O)OC(=O)CCCCCCCCCCCCCC. The molecular formula is C41H72O11. The average Bonchev–Trinajstić information content (AvgIpc) is 3.12. The van der Waals surface area contributed by atoms with Crippen molar-refractivity contribution in [3.05, 3.63) is 24.3 Å². The monoisotopic (exact) mass is 741 g/mol. The van der Waals surface area contributed by atoms with Gasteiger partial charge < -0.3 is 39.4 Å². The van der Waals surface area contributed by atoms with Crippen LogP contribution in [0.5, 0.6) is 0 Å². The summed E-state index contributed by atoms with van der Waals surface area (Å²) >= 11 is 0. The van der Waals surface area contributed by atoms with Crippen LogP contribution in [0.3, 0.4) is 0 Å². The summed E-state index contributed by atoms with van der Waals surface area (Å²) < 4.78 is 21.6. The fourth-order valence-electron chi connectivity index (χ4n) is 6.01. The molecule has 1 saturated heterocycles. The third kappa shape index (κ3) is 24.1. The lowest BCUT2D eigenvalue weighted by atomic mass is 9.99. The summed E-state index contributed by atoms with van der Waals surface area (Å²) in [5.74, 6) is -2.46. The Morgan fingerprint density at radius 3 is 1.65 bits per heavy atom. The number of ether oxygens (including phenoxy) is 4. The third-order valence-electron chi connectivity index (χ3n) is 9.30. The molecule has 1 aliphatic heterocycles. The van der Waals surface area contributed by atoms with E-state index in [1.54, 1.807) is 0 Å². The van der Waals surface area contributed by atoms with E-state index in [0.717, 1.165) is 64.2 Å². The van der Waals surface area contributed by atoms with E-state index in [0.29, 0.717) is 12.8 Å². The molecule has 302 valence electrons. The van der Waals surface area contributed by atoms with Gasteiger partial charge in [-0.25, -0.2) is 4.79 Å². The lowest BCUT2D eigenvalue weighted by molar-refractivity contribution is -0.298. The Morgan fingerprint density at radius 2 is 1.10 bits per heavy atom. The molecule has 0 aromatic rings. The van der Waals surface area contributed by atoms with Crippen molar-refractivity contribution in [2.45, 2.75) is 205 Å². The molecular weight excluding hydrogens is 668 g/mol. The van der Waals surface area contributed by atoms with Crippen molar-refractivity contribution in [2.75, 3.05) is 13.2 Å². The van der Waals surface area contributed by atoms with Gasteiger partial charge in [-0.3, -0.25) is 9.59 Å². The Balaban J connectivity index is 2.43. The molecule has 11 heteroatoms. The molecule has 0 aromatic carbocycles. The Kier molecular flexibility index (Phi) is 29.5. The number of carboxylic acids is 1. The Morgan fingerprint density at radius 1 is 0.596 bits per heavy atom. The van der Waals surface area contributed by atoms with Gasteiger partial charge in [-0.1, -0.05) is 141 Å². The first kappa shape index (κ1) is 47.7. The molecule has 52 heavy (non-hydrogen) atoms. The largest absolute Gasteiger partial charge is 0.479 e. The third-order valence-corrected chi connectivity index (χ3v) is 9.30. The number of aliphatic carboxylic acids is 1. The highest BCUT2D eigenvalue weighted by Crippen LogP contribution is 2.23. The van der Waals surface area contributed by atoms with Crippen molar-refractivity contribution < 1.29 is 53.8 Å². The van der Waals surface area contributed by atoms with Crippen molar-refractivity contribution in [1.82, 2.24) is 0 Å². The summed E-state index contributed by atoms with van der Waals surface area (Å²) in [6.07, 6.45) is 23.8. The van der Waals surface area contributed by atoms with Crippen LogP contribution in [0.25, 0.3) is 0 Å². The summed E-state index contributed by atoms with van der Waals surface area (Å²) in [5, 5.41) is 39.7. The van der Waals surface area contributed by atoms with E-state index >= 15 is 0 Å². The van der Waals surface area contributed by atoms with Gasteiger partial charge in [0.2, 0.25) is 0 Å². The molecule has 11 nitrogen and oxygen atoms in total. The van der Waals surface area contributed by atoms with Gasteiger partial charge in [0, 0.05) is 12.8 Å². The van der Waals surface area contributed by atoms with Crippen LogP contribution in [-0.2, 0) is 33.3 Å².